The molecule has 1 fully saturated rings. The first kappa shape index (κ1) is 11.4. The molecule has 1 rings (SSSR count). The quantitative estimate of drug-likeness (QED) is 0.640. The zero-order chi connectivity index (χ0) is 10.6. The monoisotopic (exact) mass is 218 g/mol. The molecule has 0 amide bonds. The van der Waals surface area contributed by atoms with Gasteiger partial charge in [0.15, 0.2) is 0 Å². The fourth-order valence-electron chi connectivity index (χ4n) is 1.13. The molecular formula is C9H14O4S. The minimum atomic E-state index is -0.301. The van der Waals surface area contributed by atoms with E-state index in [0.717, 1.165) is 12.8 Å². The summed E-state index contributed by atoms with van der Waals surface area (Å²) in [6.45, 7) is 0. The number of thioether (sulfide) groups is 1. The molecule has 0 aromatic rings. The number of carbonyl (C=O) groups excluding carboxylic acids is 2. The standard InChI is InChI=1S/C9H14O4S/c1-12-7(10)5-14-8(6-3-4-6)9(11)13-2/h6,8H,3-5H2,1-2H3. The Kier molecular flexibility index (Phi) is 4.25. The van der Waals surface area contributed by atoms with Crippen molar-refractivity contribution >= 4 is 23.7 Å². The second-order valence-corrected chi connectivity index (χ2v) is 4.30. The molecule has 0 aromatic carbocycles. The Morgan fingerprint density at radius 2 is 2.00 bits per heavy atom. The van der Waals surface area contributed by atoms with Crippen molar-refractivity contribution in [3.8, 4) is 0 Å². The topological polar surface area (TPSA) is 52.6 Å². The molecule has 1 unspecified atom stereocenters. The van der Waals surface area contributed by atoms with Gasteiger partial charge in [0.2, 0.25) is 0 Å². The average Bonchev–Trinajstić information content (AvgIpc) is 3.01. The first-order valence-corrected chi connectivity index (χ1v) is 5.50. The lowest BCUT2D eigenvalue weighted by atomic mass is 10.3. The summed E-state index contributed by atoms with van der Waals surface area (Å²) in [5, 5.41) is -0.195. The van der Waals surface area contributed by atoms with Gasteiger partial charge < -0.3 is 9.47 Å². The molecule has 5 heteroatoms. The summed E-state index contributed by atoms with van der Waals surface area (Å²) in [5.41, 5.74) is 0. The van der Waals surface area contributed by atoms with Gasteiger partial charge in [-0.05, 0) is 18.8 Å². The lowest BCUT2D eigenvalue weighted by Crippen LogP contribution is -2.23. The van der Waals surface area contributed by atoms with Gasteiger partial charge in [-0.2, -0.15) is 0 Å². The van der Waals surface area contributed by atoms with Crippen LogP contribution < -0.4 is 0 Å². The summed E-state index contributed by atoms with van der Waals surface area (Å²) in [6.07, 6.45) is 2.10. The fraction of sp³-hybridized carbons (Fsp3) is 0.778. The lowest BCUT2D eigenvalue weighted by molar-refractivity contribution is -0.140. The van der Waals surface area contributed by atoms with Crippen LogP contribution in [0, 0.1) is 5.92 Å². The number of hydrogen-bond acceptors (Lipinski definition) is 5. The molecule has 1 aliphatic rings. The van der Waals surface area contributed by atoms with Crippen molar-refractivity contribution in [3.63, 3.8) is 0 Å². The van der Waals surface area contributed by atoms with Gasteiger partial charge in [0.1, 0.15) is 5.25 Å². The van der Waals surface area contributed by atoms with Crippen LogP contribution in [-0.4, -0.2) is 37.2 Å². The van der Waals surface area contributed by atoms with Crippen LogP contribution in [0.25, 0.3) is 0 Å². The van der Waals surface area contributed by atoms with E-state index in [1.54, 1.807) is 0 Å². The Hall–Kier alpha value is -0.710. The normalized spacial score (nSPS) is 17.3. The molecule has 0 radical (unpaired) electrons. The van der Waals surface area contributed by atoms with Crippen molar-refractivity contribution in [1.29, 1.82) is 0 Å². The number of methoxy groups -OCH3 is 2. The van der Waals surface area contributed by atoms with Gasteiger partial charge in [-0.3, -0.25) is 9.59 Å². The van der Waals surface area contributed by atoms with Crippen molar-refractivity contribution in [2.45, 2.75) is 18.1 Å². The third-order valence-electron chi connectivity index (χ3n) is 2.09. The van der Waals surface area contributed by atoms with E-state index in [0.29, 0.717) is 5.92 Å². The van der Waals surface area contributed by atoms with Crippen LogP contribution in [0.15, 0.2) is 0 Å². The zero-order valence-electron chi connectivity index (χ0n) is 8.32. The average molecular weight is 218 g/mol. The number of rotatable bonds is 5. The molecule has 0 spiro atoms. The van der Waals surface area contributed by atoms with Crippen molar-refractivity contribution in [1.82, 2.24) is 0 Å². The molecule has 0 saturated heterocycles. The van der Waals surface area contributed by atoms with Crippen LogP contribution in [-0.2, 0) is 19.1 Å². The second kappa shape index (κ2) is 5.24. The van der Waals surface area contributed by atoms with Crippen LogP contribution in [0.1, 0.15) is 12.8 Å². The summed E-state index contributed by atoms with van der Waals surface area (Å²) < 4.78 is 9.17. The van der Waals surface area contributed by atoms with Gasteiger partial charge in [-0.1, -0.05) is 0 Å². The van der Waals surface area contributed by atoms with Gasteiger partial charge in [-0.25, -0.2) is 0 Å². The first-order chi connectivity index (χ1) is 6.69. The first-order valence-electron chi connectivity index (χ1n) is 4.45. The third-order valence-corrected chi connectivity index (χ3v) is 3.43. The van der Waals surface area contributed by atoms with E-state index in [1.807, 2.05) is 0 Å². The maximum atomic E-state index is 11.3. The van der Waals surface area contributed by atoms with Crippen LogP contribution in [0.3, 0.4) is 0 Å². The van der Waals surface area contributed by atoms with Gasteiger partial charge in [0.05, 0.1) is 20.0 Å². The minimum absolute atomic E-state index is 0.195. The Morgan fingerprint density at radius 3 is 2.43 bits per heavy atom. The summed E-state index contributed by atoms with van der Waals surface area (Å²) >= 11 is 1.31. The molecule has 0 heterocycles. The maximum Gasteiger partial charge on any atom is 0.319 e. The Morgan fingerprint density at radius 1 is 1.36 bits per heavy atom. The van der Waals surface area contributed by atoms with Crippen molar-refractivity contribution < 1.29 is 19.1 Å². The minimum Gasteiger partial charge on any atom is -0.468 e. The highest BCUT2D eigenvalue weighted by molar-refractivity contribution is 8.01. The molecule has 0 aromatic heterocycles. The second-order valence-electron chi connectivity index (χ2n) is 3.17. The molecule has 1 aliphatic carbocycles. The summed E-state index contributed by atoms with van der Waals surface area (Å²) in [6, 6.07) is 0. The summed E-state index contributed by atoms with van der Waals surface area (Å²) in [5.74, 6) is 0.0651. The highest BCUT2D eigenvalue weighted by Gasteiger charge is 2.37. The largest absolute Gasteiger partial charge is 0.468 e. The highest BCUT2D eigenvalue weighted by atomic mass is 32.2. The predicted octanol–water partition coefficient (Wildman–Crippen LogP) is 0.844. The van der Waals surface area contributed by atoms with Crippen molar-refractivity contribution in [2.75, 3.05) is 20.0 Å². The van der Waals surface area contributed by atoms with Gasteiger partial charge in [-0.15, -0.1) is 11.8 Å². The number of esters is 2. The van der Waals surface area contributed by atoms with E-state index < -0.39 is 0 Å². The predicted molar refractivity (Wildman–Crippen MR) is 53.0 cm³/mol. The maximum absolute atomic E-state index is 11.3. The fourth-order valence-corrected chi connectivity index (χ4v) is 2.34. The molecule has 14 heavy (non-hydrogen) atoms. The van der Waals surface area contributed by atoms with Crippen LogP contribution in [0.4, 0.5) is 0 Å². The van der Waals surface area contributed by atoms with E-state index >= 15 is 0 Å². The molecular weight excluding hydrogens is 204 g/mol. The van der Waals surface area contributed by atoms with Crippen LogP contribution in [0.2, 0.25) is 0 Å². The van der Waals surface area contributed by atoms with E-state index in [9.17, 15) is 9.59 Å². The Balaban J connectivity index is 2.35. The smallest absolute Gasteiger partial charge is 0.319 e. The van der Waals surface area contributed by atoms with E-state index in [1.165, 1.54) is 26.0 Å². The molecule has 1 atom stereocenters. The van der Waals surface area contributed by atoms with Crippen LogP contribution >= 0.6 is 11.8 Å². The highest BCUT2D eigenvalue weighted by Crippen LogP contribution is 2.39. The van der Waals surface area contributed by atoms with Crippen molar-refractivity contribution in [3.05, 3.63) is 0 Å². The Bertz CT molecular complexity index is 225. The van der Waals surface area contributed by atoms with E-state index in [2.05, 4.69) is 9.47 Å². The van der Waals surface area contributed by atoms with E-state index in [-0.39, 0.29) is 22.9 Å². The third kappa shape index (κ3) is 3.21. The molecule has 80 valence electrons. The molecule has 0 bridgehead atoms. The lowest BCUT2D eigenvalue weighted by Gasteiger charge is -2.11. The molecule has 1 saturated carbocycles. The number of hydrogen-bond donors (Lipinski definition) is 0. The number of carbonyl (C=O) groups is 2. The van der Waals surface area contributed by atoms with Gasteiger partial charge in [0, 0.05) is 0 Å². The SMILES string of the molecule is COC(=O)CSC(C(=O)OC)C1CC1. The van der Waals surface area contributed by atoms with E-state index in [4.69, 9.17) is 0 Å². The van der Waals surface area contributed by atoms with Crippen LogP contribution in [0.5, 0.6) is 0 Å². The zero-order valence-corrected chi connectivity index (χ0v) is 9.13. The molecule has 0 N–H and O–H groups in total. The summed E-state index contributed by atoms with van der Waals surface area (Å²) in [4.78, 5) is 22.2. The van der Waals surface area contributed by atoms with Gasteiger partial charge >= 0.3 is 11.9 Å². The summed E-state index contributed by atoms with van der Waals surface area (Å²) in [7, 11) is 2.71. The number of ether oxygens (including phenoxy) is 2. The van der Waals surface area contributed by atoms with Crippen molar-refractivity contribution in [2.24, 2.45) is 5.92 Å². The Labute approximate surface area is 87.3 Å². The molecule has 4 nitrogen and oxygen atoms in total. The van der Waals surface area contributed by atoms with Gasteiger partial charge in [0.25, 0.3) is 0 Å². The molecule has 0 aliphatic heterocycles.